The van der Waals surface area contributed by atoms with Crippen LogP contribution in [0.15, 0.2) is 30.3 Å². The van der Waals surface area contributed by atoms with Gasteiger partial charge < -0.3 is 19.3 Å². The summed E-state index contributed by atoms with van der Waals surface area (Å²) in [6, 6.07) is 8.69. The van der Waals surface area contributed by atoms with Crippen LogP contribution in [0.3, 0.4) is 0 Å². The molecule has 0 amide bonds. The molecule has 1 aromatic rings. The van der Waals surface area contributed by atoms with Gasteiger partial charge in [-0.3, -0.25) is 9.36 Å². The molecule has 0 fully saturated rings. The first-order valence-corrected chi connectivity index (χ1v) is 8.89. The largest absolute Gasteiger partial charge is 0.481 e. The Morgan fingerprint density at radius 2 is 1.73 bits per heavy atom. The molecule has 1 aromatic carbocycles. The zero-order valence-corrected chi connectivity index (χ0v) is 13.7. The Bertz CT molecular complexity index is 494. The number of aliphatic carboxylic acids is 1. The minimum atomic E-state index is -3.62. The quantitative estimate of drug-likeness (QED) is 0.640. The molecule has 1 rings (SSSR count). The third kappa shape index (κ3) is 5.21. The second kappa shape index (κ2) is 9.06. The van der Waals surface area contributed by atoms with E-state index in [4.69, 9.17) is 14.2 Å². The third-order valence-electron chi connectivity index (χ3n) is 3.18. The fraction of sp³-hybridized carbons (Fsp3) is 0.533. The number of carboxylic acid groups (broad SMARTS) is 1. The van der Waals surface area contributed by atoms with Crippen LogP contribution < -0.4 is 0 Å². The normalized spacial score (nSPS) is 14.5. The van der Waals surface area contributed by atoms with Crippen molar-refractivity contribution in [1.82, 2.24) is 0 Å². The molecule has 2 atom stereocenters. The zero-order chi connectivity index (χ0) is 16.6. The standard InChI is InChI=1S/C15H23O6P/c1-3-20-22(19,21-4-2)13(10-11-14(16)17)15(18)12-8-6-5-7-9-12/h5-9,13,15,18H,3-4,10-11H2,1-2H3,(H,16,17)/t13-,15+/m1/s1. The van der Waals surface area contributed by atoms with Crippen LogP contribution in [0.25, 0.3) is 0 Å². The van der Waals surface area contributed by atoms with Crippen molar-refractivity contribution in [3.05, 3.63) is 35.9 Å². The lowest BCUT2D eigenvalue weighted by Crippen LogP contribution is -2.23. The van der Waals surface area contributed by atoms with E-state index in [-0.39, 0.29) is 26.1 Å². The number of hydrogen-bond donors (Lipinski definition) is 2. The molecule has 0 aliphatic heterocycles. The summed E-state index contributed by atoms with van der Waals surface area (Å²) >= 11 is 0. The van der Waals surface area contributed by atoms with E-state index >= 15 is 0 Å². The number of rotatable bonds is 10. The molecule has 22 heavy (non-hydrogen) atoms. The molecule has 0 bridgehead atoms. The van der Waals surface area contributed by atoms with E-state index < -0.39 is 25.3 Å². The molecule has 6 nitrogen and oxygen atoms in total. The number of aliphatic hydroxyl groups is 1. The highest BCUT2D eigenvalue weighted by molar-refractivity contribution is 7.54. The van der Waals surface area contributed by atoms with Crippen LogP contribution >= 0.6 is 7.60 Å². The van der Waals surface area contributed by atoms with Gasteiger partial charge in [0.05, 0.1) is 25.0 Å². The van der Waals surface area contributed by atoms with Crippen molar-refractivity contribution in [1.29, 1.82) is 0 Å². The highest BCUT2D eigenvalue weighted by atomic mass is 31.2. The minimum Gasteiger partial charge on any atom is -0.481 e. The van der Waals surface area contributed by atoms with E-state index in [1.807, 2.05) is 0 Å². The van der Waals surface area contributed by atoms with Crippen LogP contribution in [-0.2, 0) is 18.4 Å². The summed E-state index contributed by atoms with van der Waals surface area (Å²) in [6.07, 6.45) is -1.34. The molecular weight excluding hydrogens is 307 g/mol. The number of carboxylic acids is 1. The topological polar surface area (TPSA) is 93.1 Å². The highest BCUT2D eigenvalue weighted by Gasteiger charge is 2.41. The van der Waals surface area contributed by atoms with Crippen LogP contribution in [0.4, 0.5) is 0 Å². The number of aliphatic hydroxyl groups excluding tert-OH is 1. The van der Waals surface area contributed by atoms with Gasteiger partial charge in [0.15, 0.2) is 0 Å². The van der Waals surface area contributed by atoms with Gasteiger partial charge in [-0.15, -0.1) is 0 Å². The average molecular weight is 330 g/mol. The number of hydrogen-bond acceptors (Lipinski definition) is 5. The molecule has 2 N–H and O–H groups in total. The van der Waals surface area contributed by atoms with E-state index in [0.717, 1.165) is 0 Å². The van der Waals surface area contributed by atoms with Crippen molar-refractivity contribution in [3.8, 4) is 0 Å². The summed E-state index contributed by atoms with van der Waals surface area (Å²) in [5, 5.41) is 19.4. The van der Waals surface area contributed by atoms with Crippen molar-refractivity contribution >= 4 is 13.6 Å². The maximum absolute atomic E-state index is 12.9. The maximum atomic E-state index is 12.9. The number of carbonyl (C=O) groups is 1. The first-order valence-electron chi connectivity index (χ1n) is 7.28. The Hall–Kier alpha value is -1.20. The Morgan fingerprint density at radius 1 is 1.18 bits per heavy atom. The van der Waals surface area contributed by atoms with Gasteiger partial charge in [-0.1, -0.05) is 30.3 Å². The van der Waals surface area contributed by atoms with Gasteiger partial charge >= 0.3 is 13.6 Å². The minimum absolute atomic E-state index is 0.00265. The Labute approximate surface area is 130 Å². The van der Waals surface area contributed by atoms with Crippen LogP contribution in [0.5, 0.6) is 0 Å². The van der Waals surface area contributed by atoms with Crippen LogP contribution in [0, 0.1) is 0 Å². The molecule has 0 aromatic heterocycles. The predicted molar refractivity (Wildman–Crippen MR) is 82.9 cm³/mol. The molecule has 0 saturated heterocycles. The third-order valence-corrected chi connectivity index (χ3v) is 5.77. The Morgan fingerprint density at radius 3 is 2.18 bits per heavy atom. The zero-order valence-electron chi connectivity index (χ0n) is 12.8. The van der Waals surface area contributed by atoms with Gasteiger partial charge in [0.1, 0.15) is 0 Å². The van der Waals surface area contributed by atoms with E-state index in [1.165, 1.54) is 0 Å². The van der Waals surface area contributed by atoms with Crippen molar-refractivity contribution in [2.24, 2.45) is 0 Å². The van der Waals surface area contributed by atoms with Gasteiger partial charge in [0.2, 0.25) is 0 Å². The summed E-state index contributed by atoms with van der Waals surface area (Å²) in [4.78, 5) is 10.9. The molecule has 0 radical (unpaired) electrons. The van der Waals surface area contributed by atoms with Crippen LogP contribution in [-0.4, -0.2) is 35.1 Å². The van der Waals surface area contributed by atoms with E-state index in [9.17, 15) is 14.5 Å². The summed E-state index contributed by atoms with van der Waals surface area (Å²) in [5.41, 5.74) is -0.372. The first-order chi connectivity index (χ1) is 10.4. The van der Waals surface area contributed by atoms with Crippen LogP contribution in [0.2, 0.25) is 0 Å². The Kier molecular flexibility index (Phi) is 7.76. The number of benzene rings is 1. The van der Waals surface area contributed by atoms with Crippen molar-refractivity contribution in [3.63, 3.8) is 0 Å². The predicted octanol–water partition coefficient (Wildman–Crippen LogP) is 3.22. The Balaban J connectivity index is 3.09. The van der Waals surface area contributed by atoms with Gasteiger partial charge in [-0.25, -0.2) is 0 Å². The monoisotopic (exact) mass is 330 g/mol. The molecule has 0 unspecified atom stereocenters. The van der Waals surface area contributed by atoms with Gasteiger partial charge in [-0.05, 0) is 25.8 Å². The summed E-state index contributed by atoms with van der Waals surface area (Å²) < 4.78 is 23.5. The fourth-order valence-corrected chi connectivity index (χ4v) is 4.36. The van der Waals surface area contributed by atoms with Crippen LogP contribution in [0.1, 0.15) is 38.4 Å². The second-order valence-corrected chi connectivity index (χ2v) is 6.99. The molecule has 0 spiro atoms. The van der Waals surface area contributed by atoms with Crippen molar-refractivity contribution in [2.75, 3.05) is 13.2 Å². The molecular formula is C15H23O6P. The molecule has 0 aliphatic carbocycles. The smallest absolute Gasteiger partial charge is 0.336 e. The van der Waals surface area contributed by atoms with Gasteiger partial charge in [0.25, 0.3) is 0 Å². The lowest BCUT2D eigenvalue weighted by molar-refractivity contribution is -0.137. The molecule has 0 saturated carbocycles. The maximum Gasteiger partial charge on any atom is 0.336 e. The SMILES string of the molecule is CCOP(=O)(OCC)[C@H](CCC(=O)O)[C@@H](O)c1ccccc1. The summed E-state index contributed by atoms with van der Waals surface area (Å²) in [5.74, 6) is -1.02. The van der Waals surface area contributed by atoms with Gasteiger partial charge in [-0.2, -0.15) is 0 Å². The van der Waals surface area contributed by atoms with Crippen molar-refractivity contribution in [2.45, 2.75) is 38.5 Å². The lowest BCUT2D eigenvalue weighted by Gasteiger charge is -2.29. The van der Waals surface area contributed by atoms with E-state index in [2.05, 4.69) is 0 Å². The molecule has 0 heterocycles. The fourth-order valence-electron chi connectivity index (χ4n) is 2.22. The second-order valence-electron chi connectivity index (χ2n) is 4.73. The van der Waals surface area contributed by atoms with E-state index in [1.54, 1.807) is 44.2 Å². The van der Waals surface area contributed by atoms with Crippen molar-refractivity contribution < 1.29 is 28.6 Å². The van der Waals surface area contributed by atoms with E-state index in [0.29, 0.717) is 5.56 Å². The lowest BCUT2D eigenvalue weighted by atomic mass is 10.0. The summed E-state index contributed by atoms with van der Waals surface area (Å²) in [6.45, 7) is 3.66. The average Bonchev–Trinajstić information content (AvgIpc) is 2.48. The molecule has 7 heteroatoms. The first kappa shape index (κ1) is 18.8. The molecule has 124 valence electrons. The molecule has 0 aliphatic rings. The van der Waals surface area contributed by atoms with Gasteiger partial charge in [0, 0.05) is 6.42 Å². The highest BCUT2D eigenvalue weighted by Crippen LogP contribution is 2.58. The summed E-state index contributed by atoms with van der Waals surface area (Å²) in [7, 11) is -3.62.